The summed E-state index contributed by atoms with van der Waals surface area (Å²) in [7, 11) is 0. The lowest BCUT2D eigenvalue weighted by molar-refractivity contribution is 0.667. The average molecular weight is 742 g/mol. The number of para-hydroxylation sites is 1. The largest absolute Gasteiger partial charge is 0.454 e. The summed E-state index contributed by atoms with van der Waals surface area (Å²) in [5.74, 6) is 0. The topological polar surface area (TPSA) is 16.4 Å². The number of nitrogens with zero attached hydrogens (tertiary/aromatic N) is 1. The van der Waals surface area contributed by atoms with Gasteiger partial charge in [-0.1, -0.05) is 170 Å². The molecule has 10 aromatic rings. The third-order valence-corrected chi connectivity index (χ3v) is 12.1. The molecular weight excluding hydrogens is 703 g/mol. The molecule has 0 saturated carbocycles. The molecule has 274 valence electrons. The molecule has 0 aliphatic heterocycles. The van der Waals surface area contributed by atoms with Crippen molar-refractivity contribution in [2.45, 2.75) is 12.3 Å². The number of rotatable bonds is 7. The molecule has 0 spiro atoms. The van der Waals surface area contributed by atoms with E-state index in [1.54, 1.807) is 0 Å². The summed E-state index contributed by atoms with van der Waals surface area (Å²) < 4.78 is 6.98. The Morgan fingerprint density at radius 3 is 1.48 bits per heavy atom. The van der Waals surface area contributed by atoms with Gasteiger partial charge in [0.1, 0.15) is 5.58 Å². The summed E-state index contributed by atoms with van der Waals surface area (Å²) in [4.78, 5) is 2.37. The minimum Gasteiger partial charge on any atom is -0.454 e. The van der Waals surface area contributed by atoms with Crippen LogP contribution in [0.1, 0.15) is 23.6 Å². The Morgan fingerprint density at radius 2 is 0.897 bits per heavy atom. The third-order valence-electron chi connectivity index (χ3n) is 12.1. The van der Waals surface area contributed by atoms with Crippen LogP contribution in [0.2, 0.25) is 0 Å². The van der Waals surface area contributed by atoms with E-state index in [1.807, 2.05) is 0 Å². The van der Waals surface area contributed by atoms with Gasteiger partial charge in [0, 0.05) is 27.6 Å². The highest BCUT2D eigenvalue weighted by atomic mass is 16.3. The van der Waals surface area contributed by atoms with Gasteiger partial charge in [-0.15, -0.1) is 0 Å². The molecule has 1 aromatic heterocycles. The first-order valence-electron chi connectivity index (χ1n) is 20.0. The first kappa shape index (κ1) is 33.9. The molecule has 0 atom stereocenters. The quantitative estimate of drug-likeness (QED) is 0.162. The summed E-state index contributed by atoms with van der Waals surface area (Å²) in [5, 5.41) is 2.20. The normalized spacial score (nSPS) is 12.7. The molecule has 0 fully saturated rings. The average Bonchev–Trinajstić information content (AvgIpc) is 3.81. The number of fused-ring (bicyclic) bond motifs is 6. The molecule has 11 rings (SSSR count). The van der Waals surface area contributed by atoms with Crippen molar-refractivity contribution in [3.8, 4) is 44.5 Å². The van der Waals surface area contributed by atoms with E-state index in [9.17, 15) is 0 Å². The van der Waals surface area contributed by atoms with Crippen molar-refractivity contribution in [2.75, 3.05) is 4.90 Å². The molecule has 0 unspecified atom stereocenters. The summed E-state index contributed by atoms with van der Waals surface area (Å²) in [6.07, 6.45) is 0. The van der Waals surface area contributed by atoms with Crippen LogP contribution in [0, 0.1) is 0 Å². The monoisotopic (exact) mass is 741 g/mol. The molecule has 2 heteroatoms. The van der Waals surface area contributed by atoms with E-state index in [4.69, 9.17) is 4.42 Å². The highest BCUT2D eigenvalue weighted by Crippen LogP contribution is 2.53. The lowest BCUT2D eigenvalue weighted by Crippen LogP contribution is -2.22. The van der Waals surface area contributed by atoms with Gasteiger partial charge in [-0.3, -0.25) is 0 Å². The zero-order valence-corrected chi connectivity index (χ0v) is 32.1. The van der Waals surface area contributed by atoms with Crippen LogP contribution in [0.3, 0.4) is 0 Å². The van der Waals surface area contributed by atoms with Gasteiger partial charge in [0.15, 0.2) is 5.58 Å². The fourth-order valence-electron chi connectivity index (χ4n) is 9.23. The molecule has 0 amide bonds. The van der Waals surface area contributed by atoms with Gasteiger partial charge in [-0.25, -0.2) is 0 Å². The van der Waals surface area contributed by atoms with Gasteiger partial charge < -0.3 is 9.32 Å². The minimum absolute atomic E-state index is 0.305. The van der Waals surface area contributed by atoms with E-state index in [-0.39, 0.29) is 5.41 Å². The zero-order chi connectivity index (χ0) is 38.6. The maximum absolute atomic E-state index is 6.98. The summed E-state index contributed by atoms with van der Waals surface area (Å²) >= 11 is 0. The lowest BCUT2D eigenvalue weighted by atomic mass is 9.74. The minimum atomic E-state index is -0.305. The molecule has 9 aromatic carbocycles. The van der Waals surface area contributed by atoms with Crippen LogP contribution in [0.25, 0.3) is 66.4 Å². The van der Waals surface area contributed by atoms with Crippen LogP contribution in [0.5, 0.6) is 0 Å². The second kappa shape index (κ2) is 13.7. The van der Waals surface area contributed by atoms with E-state index >= 15 is 0 Å². The van der Waals surface area contributed by atoms with Crippen molar-refractivity contribution in [3.05, 3.63) is 235 Å². The zero-order valence-electron chi connectivity index (χ0n) is 32.1. The van der Waals surface area contributed by atoms with E-state index in [0.29, 0.717) is 0 Å². The van der Waals surface area contributed by atoms with E-state index in [1.165, 1.54) is 50.1 Å². The third kappa shape index (κ3) is 5.49. The van der Waals surface area contributed by atoms with Crippen LogP contribution < -0.4 is 4.90 Å². The maximum Gasteiger partial charge on any atom is 0.159 e. The number of hydrogen-bond donors (Lipinski definition) is 0. The molecule has 2 nitrogen and oxygen atoms in total. The molecule has 0 bridgehead atoms. The van der Waals surface area contributed by atoms with Crippen LogP contribution in [0.4, 0.5) is 17.1 Å². The number of hydrogen-bond acceptors (Lipinski definition) is 2. The molecule has 1 aliphatic carbocycles. The van der Waals surface area contributed by atoms with Gasteiger partial charge in [-0.05, 0) is 117 Å². The van der Waals surface area contributed by atoms with Gasteiger partial charge >= 0.3 is 0 Å². The van der Waals surface area contributed by atoms with E-state index in [0.717, 1.165) is 50.1 Å². The van der Waals surface area contributed by atoms with Crippen LogP contribution >= 0.6 is 0 Å². The molecule has 0 saturated heterocycles. The highest BCUT2D eigenvalue weighted by Gasteiger charge is 2.40. The fraction of sp³-hybridized carbons (Fsp3) is 0.0357. The Labute approximate surface area is 338 Å². The van der Waals surface area contributed by atoms with Crippen molar-refractivity contribution in [1.82, 2.24) is 0 Å². The summed E-state index contributed by atoms with van der Waals surface area (Å²) in [6, 6.07) is 78.8. The predicted octanol–water partition coefficient (Wildman–Crippen LogP) is 15.4. The van der Waals surface area contributed by atoms with Gasteiger partial charge in [0.2, 0.25) is 0 Å². The maximum atomic E-state index is 6.98. The van der Waals surface area contributed by atoms with E-state index in [2.05, 4.69) is 230 Å². The Bertz CT molecular complexity index is 3000. The predicted molar refractivity (Wildman–Crippen MR) is 242 cm³/mol. The number of anilines is 3. The van der Waals surface area contributed by atoms with Crippen molar-refractivity contribution in [3.63, 3.8) is 0 Å². The van der Waals surface area contributed by atoms with Gasteiger partial charge in [-0.2, -0.15) is 0 Å². The molecule has 0 N–H and O–H groups in total. The molecular formula is C56H39NO. The highest BCUT2D eigenvalue weighted by molar-refractivity contribution is 6.11. The van der Waals surface area contributed by atoms with Crippen LogP contribution in [-0.4, -0.2) is 0 Å². The first-order valence-corrected chi connectivity index (χ1v) is 20.0. The second-order valence-electron chi connectivity index (χ2n) is 15.4. The van der Waals surface area contributed by atoms with Crippen molar-refractivity contribution in [2.24, 2.45) is 0 Å². The second-order valence-corrected chi connectivity index (χ2v) is 15.4. The van der Waals surface area contributed by atoms with Crippen molar-refractivity contribution >= 4 is 39.0 Å². The van der Waals surface area contributed by atoms with Crippen LogP contribution in [-0.2, 0) is 5.41 Å². The summed E-state index contributed by atoms with van der Waals surface area (Å²) in [5.41, 5.74) is 18.0. The van der Waals surface area contributed by atoms with Gasteiger partial charge in [0.05, 0.1) is 5.69 Å². The lowest BCUT2D eigenvalue weighted by Gasteiger charge is -2.28. The van der Waals surface area contributed by atoms with Gasteiger partial charge in [0.25, 0.3) is 0 Å². The molecule has 0 radical (unpaired) electrons. The first-order chi connectivity index (χ1) is 28.6. The number of furan rings is 1. The fourth-order valence-corrected chi connectivity index (χ4v) is 9.23. The van der Waals surface area contributed by atoms with Crippen LogP contribution in [0.15, 0.2) is 223 Å². The Hall–Kier alpha value is -7.42. The standard InChI is InChI=1S/C56H39NO/c1-56(51-25-13-11-22-47(51)48-23-12-14-26-52(48)56)44-30-33-54-50(37-44)49-24-15-27-53(55(49)58-54)57(45-31-28-41(29-32-45)38-16-5-2-6-17-38)46-35-42(39-18-7-3-8-19-39)34-43(36-46)40-20-9-4-10-21-40/h2-37H,1H3. The Balaban J connectivity index is 1.12. The smallest absolute Gasteiger partial charge is 0.159 e. The van der Waals surface area contributed by atoms with Crippen molar-refractivity contribution in [1.29, 1.82) is 0 Å². The number of benzene rings is 9. The van der Waals surface area contributed by atoms with Crippen molar-refractivity contribution < 1.29 is 4.42 Å². The Morgan fingerprint density at radius 1 is 0.379 bits per heavy atom. The molecule has 1 aliphatic rings. The van der Waals surface area contributed by atoms with E-state index < -0.39 is 0 Å². The summed E-state index contributed by atoms with van der Waals surface area (Å²) in [6.45, 7) is 2.37. The SMILES string of the molecule is CC1(c2ccc3oc4c(N(c5ccc(-c6ccccc6)cc5)c5cc(-c6ccccc6)cc(-c6ccccc6)c5)cccc4c3c2)c2ccccc2-c2ccccc21. The molecule has 1 heterocycles. The molecule has 58 heavy (non-hydrogen) atoms. The Kier molecular flexibility index (Phi) is 7.97.